The molecule has 1 heterocycles. The number of hydrogen-bond donors (Lipinski definition) is 0. The molecule has 0 spiro atoms. The van der Waals surface area contributed by atoms with Crippen molar-refractivity contribution in [1.29, 1.82) is 5.26 Å². The molecule has 1 aromatic rings. The smallest absolute Gasteiger partial charge is 0.128 e. The summed E-state index contributed by atoms with van der Waals surface area (Å²) in [5.41, 5.74) is 2.64. The highest BCUT2D eigenvalue weighted by Gasteiger charge is 2.13. The van der Waals surface area contributed by atoms with Crippen LogP contribution in [0.25, 0.3) is 0 Å². The van der Waals surface area contributed by atoms with Gasteiger partial charge in [-0.25, -0.2) is 4.98 Å². The van der Waals surface area contributed by atoms with Gasteiger partial charge in [0.1, 0.15) is 5.82 Å². The molecule has 1 aliphatic rings. The molecule has 0 bridgehead atoms. The third-order valence-corrected chi connectivity index (χ3v) is 2.86. The van der Waals surface area contributed by atoms with Gasteiger partial charge in [-0.15, -0.1) is 0 Å². The molecular weight excluding hydrogens is 186 g/mol. The SMILES string of the molecule is CN(CCC#N)c1ccc2c(n1)CCC2. The average molecular weight is 201 g/mol. The molecular formula is C12H15N3. The van der Waals surface area contributed by atoms with E-state index in [1.54, 1.807) is 0 Å². The maximum atomic E-state index is 8.52. The van der Waals surface area contributed by atoms with Crippen molar-refractivity contribution in [3.63, 3.8) is 0 Å². The predicted molar refractivity (Wildman–Crippen MR) is 59.8 cm³/mol. The van der Waals surface area contributed by atoms with Gasteiger partial charge in [-0.2, -0.15) is 5.26 Å². The second-order valence-electron chi connectivity index (χ2n) is 3.96. The van der Waals surface area contributed by atoms with Crippen LogP contribution < -0.4 is 4.90 Å². The molecule has 3 heteroatoms. The van der Waals surface area contributed by atoms with Crippen molar-refractivity contribution in [2.24, 2.45) is 0 Å². The van der Waals surface area contributed by atoms with Gasteiger partial charge in [-0.1, -0.05) is 6.07 Å². The lowest BCUT2D eigenvalue weighted by Gasteiger charge is -2.17. The average Bonchev–Trinajstić information content (AvgIpc) is 2.72. The minimum Gasteiger partial charge on any atom is -0.359 e. The number of aromatic nitrogens is 1. The van der Waals surface area contributed by atoms with Gasteiger partial charge >= 0.3 is 0 Å². The second kappa shape index (κ2) is 4.31. The van der Waals surface area contributed by atoms with Gasteiger partial charge in [0.15, 0.2) is 0 Å². The zero-order valence-electron chi connectivity index (χ0n) is 9.03. The topological polar surface area (TPSA) is 39.9 Å². The van der Waals surface area contributed by atoms with Gasteiger partial charge in [-0.05, 0) is 30.9 Å². The number of rotatable bonds is 3. The number of anilines is 1. The summed E-state index contributed by atoms with van der Waals surface area (Å²) in [5.74, 6) is 0.992. The Hall–Kier alpha value is -1.56. The van der Waals surface area contributed by atoms with Gasteiger partial charge in [0, 0.05) is 19.3 Å². The Kier molecular flexibility index (Phi) is 2.86. The molecule has 0 aliphatic heterocycles. The number of fused-ring (bicyclic) bond motifs is 1. The largest absolute Gasteiger partial charge is 0.359 e. The second-order valence-corrected chi connectivity index (χ2v) is 3.96. The standard InChI is InChI=1S/C12H15N3/c1-15(9-3-8-13)12-7-6-10-4-2-5-11(10)14-12/h6-7H,2-5,9H2,1H3. The van der Waals surface area contributed by atoms with E-state index in [0.717, 1.165) is 18.8 Å². The monoisotopic (exact) mass is 201 g/mol. The normalized spacial score (nSPS) is 13.3. The van der Waals surface area contributed by atoms with Crippen LogP contribution in [-0.2, 0) is 12.8 Å². The Morgan fingerprint density at radius 1 is 1.47 bits per heavy atom. The van der Waals surface area contributed by atoms with Crippen molar-refractivity contribution in [2.45, 2.75) is 25.7 Å². The molecule has 0 N–H and O–H groups in total. The number of hydrogen-bond acceptors (Lipinski definition) is 3. The molecule has 0 fully saturated rings. The van der Waals surface area contributed by atoms with E-state index in [9.17, 15) is 0 Å². The van der Waals surface area contributed by atoms with Crippen molar-refractivity contribution in [3.05, 3.63) is 23.4 Å². The van der Waals surface area contributed by atoms with E-state index >= 15 is 0 Å². The number of aryl methyl sites for hydroxylation is 2. The van der Waals surface area contributed by atoms with Gasteiger partial charge in [0.2, 0.25) is 0 Å². The van der Waals surface area contributed by atoms with Crippen LogP contribution in [0.2, 0.25) is 0 Å². The molecule has 0 saturated carbocycles. The van der Waals surface area contributed by atoms with E-state index in [1.165, 1.54) is 24.1 Å². The lowest BCUT2D eigenvalue weighted by molar-refractivity contribution is 0.867. The number of nitrogens with zero attached hydrogens (tertiary/aromatic N) is 3. The van der Waals surface area contributed by atoms with E-state index in [-0.39, 0.29) is 0 Å². The lowest BCUT2D eigenvalue weighted by Crippen LogP contribution is -2.19. The fourth-order valence-electron chi connectivity index (χ4n) is 1.95. The molecule has 0 aromatic carbocycles. The first kappa shape index (κ1) is 9.97. The molecule has 3 nitrogen and oxygen atoms in total. The molecule has 78 valence electrons. The van der Waals surface area contributed by atoms with Crippen molar-refractivity contribution in [3.8, 4) is 6.07 Å². The highest BCUT2D eigenvalue weighted by atomic mass is 15.2. The summed E-state index contributed by atoms with van der Waals surface area (Å²) in [6, 6.07) is 6.38. The first-order valence-corrected chi connectivity index (χ1v) is 5.38. The molecule has 1 aromatic heterocycles. The predicted octanol–water partition coefficient (Wildman–Crippen LogP) is 1.92. The zero-order chi connectivity index (χ0) is 10.7. The van der Waals surface area contributed by atoms with Crippen LogP contribution in [0.1, 0.15) is 24.1 Å². The molecule has 0 unspecified atom stereocenters. The summed E-state index contributed by atoms with van der Waals surface area (Å²) in [7, 11) is 1.99. The number of pyridine rings is 1. The van der Waals surface area contributed by atoms with Crippen LogP contribution in [0.3, 0.4) is 0 Å². The molecule has 0 saturated heterocycles. The van der Waals surface area contributed by atoms with E-state index < -0.39 is 0 Å². The third kappa shape index (κ3) is 2.10. The van der Waals surface area contributed by atoms with E-state index in [4.69, 9.17) is 5.26 Å². The minimum atomic E-state index is 0.551. The first-order chi connectivity index (χ1) is 7.31. The van der Waals surface area contributed by atoms with E-state index in [0.29, 0.717) is 6.42 Å². The Morgan fingerprint density at radius 2 is 2.33 bits per heavy atom. The lowest BCUT2D eigenvalue weighted by atomic mass is 10.2. The van der Waals surface area contributed by atoms with Gasteiger partial charge in [0.05, 0.1) is 12.5 Å². The van der Waals surface area contributed by atoms with E-state index in [1.807, 2.05) is 11.9 Å². The van der Waals surface area contributed by atoms with E-state index in [2.05, 4.69) is 23.2 Å². The van der Waals surface area contributed by atoms with Gasteiger partial charge in [-0.3, -0.25) is 0 Å². The van der Waals surface area contributed by atoms with Crippen LogP contribution in [0, 0.1) is 11.3 Å². The molecule has 1 aliphatic carbocycles. The summed E-state index contributed by atoms with van der Waals surface area (Å²) in [4.78, 5) is 6.67. The van der Waals surface area contributed by atoms with Gasteiger partial charge in [0.25, 0.3) is 0 Å². The van der Waals surface area contributed by atoms with Crippen molar-refractivity contribution in [1.82, 2.24) is 4.98 Å². The van der Waals surface area contributed by atoms with Crippen molar-refractivity contribution in [2.75, 3.05) is 18.5 Å². The summed E-state index contributed by atoms with van der Waals surface area (Å²) in [5, 5.41) is 8.52. The Morgan fingerprint density at radius 3 is 3.13 bits per heavy atom. The van der Waals surface area contributed by atoms with Crippen molar-refractivity contribution >= 4 is 5.82 Å². The van der Waals surface area contributed by atoms with Gasteiger partial charge < -0.3 is 4.90 Å². The maximum absolute atomic E-state index is 8.52. The Labute approximate surface area is 90.4 Å². The summed E-state index contributed by atoms with van der Waals surface area (Å²) >= 11 is 0. The molecule has 15 heavy (non-hydrogen) atoms. The fourth-order valence-corrected chi connectivity index (χ4v) is 1.95. The van der Waals surface area contributed by atoms with Crippen LogP contribution >= 0.6 is 0 Å². The Balaban J connectivity index is 2.12. The quantitative estimate of drug-likeness (QED) is 0.750. The maximum Gasteiger partial charge on any atom is 0.128 e. The number of nitriles is 1. The Bertz CT molecular complexity index is 392. The molecule has 0 atom stereocenters. The van der Waals surface area contributed by atoms with Crippen LogP contribution in [0.5, 0.6) is 0 Å². The zero-order valence-corrected chi connectivity index (χ0v) is 9.03. The summed E-state index contributed by atoms with van der Waals surface area (Å²) in [6.07, 6.45) is 4.06. The van der Waals surface area contributed by atoms with Crippen LogP contribution in [-0.4, -0.2) is 18.6 Å². The fraction of sp³-hybridized carbons (Fsp3) is 0.500. The third-order valence-electron chi connectivity index (χ3n) is 2.86. The molecule has 2 rings (SSSR count). The summed E-state index contributed by atoms with van der Waals surface area (Å²) in [6.45, 7) is 0.752. The van der Waals surface area contributed by atoms with Crippen LogP contribution in [0.15, 0.2) is 12.1 Å². The molecule has 0 amide bonds. The minimum absolute atomic E-state index is 0.551. The van der Waals surface area contributed by atoms with Crippen molar-refractivity contribution < 1.29 is 0 Å². The first-order valence-electron chi connectivity index (χ1n) is 5.38. The highest BCUT2D eigenvalue weighted by Crippen LogP contribution is 2.22. The molecule has 0 radical (unpaired) electrons. The highest BCUT2D eigenvalue weighted by molar-refractivity contribution is 5.42. The van der Waals surface area contributed by atoms with Crippen LogP contribution in [0.4, 0.5) is 5.82 Å². The summed E-state index contributed by atoms with van der Waals surface area (Å²) < 4.78 is 0.